The molecular weight excluding hydrogens is 280 g/mol. The van der Waals surface area contributed by atoms with E-state index in [0.29, 0.717) is 12.6 Å². The summed E-state index contributed by atoms with van der Waals surface area (Å²) in [4.78, 5) is 19.1. The summed E-state index contributed by atoms with van der Waals surface area (Å²) >= 11 is 0. The quantitative estimate of drug-likeness (QED) is 0.698. The first kappa shape index (κ1) is 17.7. The number of piperidine rings is 1. The monoisotopic (exact) mass is 312 g/mol. The molecule has 2 aliphatic heterocycles. The van der Waals surface area contributed by atoms with Crippen molar-refractivity contribution >= 4 is 5.91 Å². The van der Waals surface area contributed by atoms with E-state index in [1.54, 1.807) is 0 Å². The maximum atomic E-state index is 12.2. The van der Waals surface area contributed by atoms with Gasteiger partial charge < -0.3 is 15.3 Å². The van der Waals surface area contributed by atoms with Gasteiger partial charge in [0.15, 0.2) is 0 Å². The van der Waals surface area contributed by atoms with E-state index in [0.717, 1.165) is 65.2 Å². The van der Waals surface area contributed by atoms with E-state index < -0.39 is 0 Å². The lowest BCUT2D eigenvalue weighted by atomic mass is 10.1. The summed E-state index contributed by atoms with van der Waals surface area (Å²) in [6, 6.07) is 0.354. The van der Waals surface area contributed by atoms with Crippen molar-refractivity contribution in [2.24, 2.45) is 0 Å². The first-order chi connectivity index (χ1) is 10.6. The van der Waals surface area contributed by atoms with Crippen LogP contribution in [-0.2, 0) is 4.79 Å². The fourth-order valence-electron chi connectivity index (χ4n) is 3.37. The fraction of sp³-hybridized carbons (Fsp3) is 0.938. The number of carbonyl (C=O) groups is 1. The van der Waals surface area contributed by atoms with Gasteiger partial charge in [-0.1, -0.05) is 6.92 Å². The second-order valence-electron chi connectivity index (χ2n) is 6.70. The minimum atomic E-state index is -0.274. The summed E-state index contributed by atoms with van der Waals surface area (Å²) in [5.41, 5.74) is 0. The van der Waals surface area contributed by atoms with Gasteiger partial charge in [0, 0.05) is 51.9 Å². The van der Waals surface area contributed by atoms with Crippen molar-refractivity contribution in [2.45, 2.75) is 38.8 Å². The molecule has 2 rings (SSSR count). The summed E-state index contributed by atoms with van der Waals surface area (Å²) in [6.45, 7) is 12.3. The van der Waals surface area contributed by atoms with Crippen molar-refractivity contribution in [2.75, 3.05) is 58.9 Å². The molecule has 0 spiro atoms. The Balaban J connectivity index is 1.62. The van der Waals surface area contributed by atoms with Crippen molar-refractivity contribution in [1.29, 1.82) is 0 Å². The molecule has 2 N–H and O–H groups in total. The number of carbonyl (C=O) groups excluding carboxylic acids is 1. The van der Waals surface area contributed by atoms with Gasteiger partial charge in [-0.15, -0.1) is 0 Å². The molecule has 0 unspecified atom stereocenters. The Kier molecular flexibility index (Phi) is 7.08. The van der Waals surface area contributed by atoms with Gasteiger partial charge in [-0.2, -0.15) is 0 Å². The molecule has 6 heteroatoms. The molecule has 0 bridgehead atoms. The molecule has 6 nitrogen and oxygen atoms in total. The SMILES string of the molecule is CCN1CCC(NC(=O)CN2CCN(C[C@@H](C)O)CC2)CC1. The van der Waals surface area contributed by atoms with Crippen LogP contribution in [0.15, 0.2) is 0 Å². The number of hydrogen-bond donors (Lipinski definition) is 2. The van der Waals surface area contributed by atoms with Crippen molar-refractivity contribution in [3.63, 3.8) is 0 Å². The lowest BCUT2D eigenvalue weighted by molar-refractivity contribution is -0.123. The number of aliphatic hydroxyl groups is 1. The fourth-order valence-corrected chi connectivity index (χ4v) is 3.37. The Hall–Kier alpha value is -0.690. The van der Waals surface area contributed by atoms with Crippen molar-refractivity contribution in [1.82, 2.24) is 20.0 Å². The molecule has 0 radical (unpaired) electrons. The van der Waals surface area contributed by atoms with Gasteiger partial charge in [0.05, 0.1) is 12.6 Å². The van der Waals surface area contributed by atoms with Crippen LogP contribution in [0.4, 0.5) is 0 Å². The second kappa shape index (κ2) is 8.82. The molecule has 22 heavy (non-hydrogen) atoms. The van der Waals surface area contributed by atoms with Gasteiger partial charge in [0.25, 0.3) is 0 Å². The van der Waals surface area contributed by atoms with Crippen LogP contribution < -0.4 is 5.32 Å². The van der Waals surface area contributed by atoms with E-state index >= 15 is 0 Å². The summed E-state index contributed by atoms with van der Waals surface area (Å²) in [7, 11) is 0. The topological polar surface area (TPSA) is 59.1 Å². The normalized spacial score (nSPS) is 24.3. The van der Waals surface area contributed by atoms with E-state index in [4.69, 9.17) is 0 Å². The number of hydrogen-bond acceptors (Lipinski definition) is 5. The van der Waals surface area contributed by atoms with Crippen LogP contribution in [-0.4, -0.2) is 96.8 Å². The van der Waals surface area contributed by atoms with Crippen molar-refractivity contribution in [3.05, 3.63) is 0 Å². The molecule has 2 fully saturated rings. The van der Waals surface area contributed by atoms with Crippen LogP contribution in [0.25, 0.3) is 0 Å². The number of piperazine rings is 1. The molecule has 128 valence electrons. The van der Waals surface area contributed by atoms with E-state index in [-0.39, 0.29) is 12.0 Å². The van der Waals surface area contributed by atoms with Crippen LogP contribution in [0.5, 0.6) is 0 Å². The van der Waals surface area contributed by atoms with E-state index in [9.17, 15) is 9.90 Å². The third kappa shape index (κ3) is 5.83. The number of aliphatic hydroxyl groups excluding tert-OH is 1. The Morgan fingerprint density at radius 2 is 1.68 bits per heavy atom. The zero-order valence-corrected chi connectivity index (χ0v) is 14.1. The predicted octanol–water partition coefficient (Wildman–Crippen LogP) is -0.415. The van der Waals surface area contributed by atoms with Gasteiger partial charge in [0.1, 0.15) is 0 Å². The smallest absolute Gasteiger partial charge is 0.234 e. The van der Waals surface area contributed by atoms with Crippen molar-refractivity contribution < 1.29 is 9.90 Å². The third-order valence-corrected chi connectivity index (χ3v) is 4.75. The number of nitrogens with zero attached hydrogens (tertiary/aromatic N) is 3. The maximum absolute atomic E-state index is 12.2. The molecule has 1 atom stereocenters. The molecular formula is C16H32N4O2. The molecule has 0 aromatic heterocycles. The summed E-state index contributed by atoms with van der Waals surface area (Å²) in [5, 5.41) is 12.6. The average molecular weight is 312 g/mol. The number of amides is 1. The highest BCUT2D eigenvalue weighted by Gasteiger charge is 2.22. The number of likely N-dealkylation sites (tertiary alicyclic amines) is 1. The van der Waals surface area contributed by atoms with Gasteiger partial charge >= 0.3 is 0 Å². The first-order valence-electron chi connectivity index (χ1n) is 8.71. The summed E-state index contributed by atoms with van der Waals surface area (Å²) in [6.07, 6.45) is 1.87. The predicted molar refractivity (Wildman–Crippen MR) is 87.8 cm³/mol. The van der Waals surface area contributed by atoms with Crippen LogP contribution in [0.2, 0.25) is 0 Å². The maximum Gasteiger partial charge on any atom is 0.234 e. The lowest BCUT2D eigenvalue weighted by Crippen LogP contribution is -2.52. The molecule has 0 aromatic rings. The van der Waals surface area contributed by atoms with E-state index in [2.05, 4.69) is 26.9 Å². The van der Waals surface area contributed by atoms with Crippen LogP contribution in [0.3, 0.4) is 0 Å². The molecule has 0 aliphatic carbocycles. The highest BCUT2D eigenvalue weighted by molar-refractivity contribution is 5.78. The molecule has 0 saturated carbocycles. The zero-order valence-electron chi connectivity index (χ0n) is 14.1. The third-order valence-electron chi connectivity index (χ3n) is 4.75. The number of rotatable bonds is 6. The lowest BCUT2D eigenvalue weighted by Gasteiger charge is -2.35. The van der Waals surface area contributed by atoms with Gasteiger partial charge in [-0.3, -0.25) is 14.6 Å². The van der Waals surface area contributed by atoms with Gasteiger partial charge in [0.2, 0.25) is 5.91 Å². The van der Waals surface area contributed by atoms with Gasteiger partial charge in [-0.25, -0.2) is 0 Å². The van der Waals surface area contributed by atoms with Gasteiger partial charge in [-0.05, 0) is 26.3 Å². The molecule has 1 amide bonds. The molecule has 2 saturated heterocycles. The van der Waals surface area contributed by atoms with Crippen LogP contribution in [0.1, 0.15) is 26.7 Å². The zero-order chi connectivity index (χ0) is 15.9. The first-order valence-corrected chi connectivity index (χ1v) is 8.71. The largest absolute Gasteiger partial charge is 0.392 e. The summed E-state index contributed by atoms with van der Waals surface area (Å²) < 4.78 is 0. The standard InChI is InChI=1S/C16H32N4O2/c1-3-18-6-4-15(5-7-18)17-16(22)13-20-10-8-19(9-11-20)12-14(2)21/h14-15,21H,3-13H2,1-2H3,(H,17,22)/t14-/m1/s1. The molecule has 2 heterocycles. The molecule has 2 aliphatic rings. The highest BCUT2D eigenvalue weighted by atomic mass is 16.3. The Bertz CT molecular complexity index is 335. The Labute approximate surface area is 134 Å². The number of nitrogens with one attached hydrogen (secondary N) is 1. The van der Waals surface area contributed by atoms with Crippen LogP contribution >= 0.6 is 0 Å². The Morgan fingerprint density at radius 3 is 2.23 bits per heavy atom. The summed E-state index contributed by atoms with van der Waals surface area (Å²) in [5.74, 6) is 0.166. The number of β-amino-alcohol motifs (C(OH)–C–C–N with tert-alkyl or cyclic N) is 1. The molecule has 0 aromatic carbocycles. The highest BCUT2D eigenvalue weighted by Crippen LogP contribution is 2.10. The minimum absolute atomic E-state index is 0.166. The Morgan fingerprint density at radius 1 is 1.09 bits per heavy atom. The van der Waals surface area contributed by atoms with E-state index in [1.807, 2.05) is 6.92 Å². The van der Waals surface area contributed by atoms with Crippen LogP contribution in [0, 0.1) is 0 Å². The second-order valence-corrected chi connectivity index (χ2v) is 6.70. The van der Waals surface area contributed by atoms with E-state index in [1.165, 1.54) is 0 Å². The minimum Gasteiger partial charge on any atom is -0.392 e. The average Bonchev–Trinajstić information content (AvgIpc) is 2.49. The van der Waals surface area contributed by atoms with Crippen molar-refractivity contribution in [3.8, 4) is 0 Å².